The van der Waals surface area contributed by atoms with Crippen LogP contribution >= 0.6 is 0 Å². The highest BCUT2D eigenvalue weighted by atomic mass is 32.2. The first-order chi connectivity index (χ1) is 19.0. The van der Waals surface area contributed by atoms with Crippen LogP contribution in [0.1, 0.15) is 39.2 Å². The standard InChI is InChI=1S/C31H35N3O5S/c1-31(2,3)22-10-13-25(14-11-22)40(36,37)34(4)24-12-15-27-26(20-24)28(21-8-6-5-7-9-21)29(33-27)39-30(35)32-23-16-18-38-19-17-23/h5-15,20,23,33H,16-19H2,1-4H3,(H,32,35). The third-order valence-electron chi connectivity index (χ3n) is 7.29. The molecule has 9 heteroatoms. The van der Waals surface area contributed by atoms with Gasteiger partial charge in [-0.2, -0.15) is 0 Å². The molecular formula is C31H35N3O5S. The highest BCUT2D eigenvalue weighted by Gasteiger charge is 2.25. The van der Waals surface area contributed by atoms with Crippen molar-refractivity contribution in [3.05, 3.63) is 78.4 Å². The molecule has 2 heterocycles. The van der Waals surface area contributed by atoms with Crippen molar-refractivity contribution in [3.63, 3.8) is 0 Å². The van der Waals surface area contributed by atoms with Crippen LogP contribution < -0.4 is 14.4 Å². The third-order valence-corrected chi connectivity index (χ3v) is 9.09. The number of aromatic amines is 1. The summed E-state index contributed by atoms with van der Waals surface area (Å²) < 4.78 is 39.5. The smallest absolute Gasteiger partial charge is 0.393 e. The van der Waals surface area contributed by atoms with Gasteiger partial charge in [0.05, 0.1) is 16.1 Å². The first-order valence-electron chi connectivity index (χ1n) is 13.4. The van der Waals surface area contributed by atoms with Crippen molar-refractivity contribution < 1.29 is 22.7 Å². The minimum atomic E-state index is -3.81. The fourth-order valence-corrected chi connectivity index (χ4v) is 6.06. The summed E-state index contributed by atoms with van der Waals surface area (Å²) in [5.74, 6) is 0.297. The van der Waals surface area contributed by atoms with Gasteiger partial charge in [0.25, 0.3) is 10.0 Å². The number of hydrogen-bond donors (Lipinski definition) is 2. The van der Waals surface area contributed by atoms with Crippen molar-refractivity contribution in [2.24, 2.45) is 0 Å². The molecule has 2 N–H and O–H groups in total. The molecule has 0 bridgehead atoms. The minimum Gasteiger partial charge on any atom is -0.393 e. The molecule has 210 valence electrons. The molecule has 3 aromatic carbocycles. The molecule has 1 aliphatic rings. The van der Waals surface area contributed by atoms with Gasteiger partial charge in [0.15, 0.2) is 0 Å². The van der Waals surface area contributed by atoms with Crippen molar-refractivity contribution in [2.75, 3.05) is 24.6 Å². The molecule has 1 amide bonds. The molecule has 0 atom stereocenters. The Morgan fingerprint density at radius 3 is 2.33 bits per heavy atom. The van der Waals surface area contributed by atoms with Gasteiger partial charge in [-0.3, -0.25) is 4.31 Å². The van der Waals surface area contributed by atoms with Gasteiger partial charge in [-0.1, -0.05) is 63.2 Å². The number of ether oxygens (including phenoxy) is 2. The maximum absolute atomic E-state index is 13.6. The Morgan fingerprint density at radius 1 is 1.00 bits per heavy atom. The summed E-state index contributed by atoms with van der Waals surface area (Å²) in [4.78, 5) is 16.2. The molecule has 0 aliphatic carbocycles. The molecule has 0 unspecified atom stereocenters. The van der Waals surface area contributed by atoms with Gasteiger partial charge in [0.2, 0.25) is 5.88 Å². The van der Waals surface area contributed by atoms with E-state index >= 15 is 0 Å². The Morgan fingerprint density at radius 2 is 1.68 bits per heavy atom. The molecule has 0 saturated carbocycles. The largest absolute Gasteiger partial charge is 0.414 e. The SMILES string of the molecule is CN(c1ccc2[nH]c(OC(=O)NC3CCOCC3)c(-c3ccccc3)c2c1)S(=O)(=O)c1ccc(C(C)(C)C)cc1. The predicted molar refractivity (Wildman–Crippen MR) is 157 cm³/mol. The molecule has 8 nitrogen and oxygen atoms in total. The van der Waals surface area contributed by atoms with Crippen LogP contribution in [0, 0.1) is 0 Å². The monoisotopic (exact) mass is 561 g/mol. The second-order valence-electron chi connectivity index (χ2n) is 11.1. The number of sulfonamides is 1. The van der Waals surface area contributed by atoms with E-state index in [4.69, 9.17) is 9.47 Å². The number of aromatic nitrogens is 1. The maximum Gasteiger partial charge on any atom is 0.414 e. The van der Waals surface area contributed by atoms with E-state index in [1.165, 1.54) is 4.31 Å². The molecule has 0 radical (unpaired) electrons. The first kappa shape index (κ1) is 27.7. The molecule has 4 aromatic rings. The normalized spacial score (nSPS) is 14.7. The number of carbonyl (C=O) groups is 1. The zero-order valence-electron chi connectivity index (χ0n) is 23.2. The zero-order valence-corrected chi connectivity index (χ0v) is 24.0. The lowest BCUT2D eigenvalue weighted by Gasteiger charge is -2.22. The van der Waals surface area contributed by atoms with Gasteiger partial charge in [0.1, 0.15) is 0 Å². The number of nitrogens with one attached hydrogen (secondary N) is 2. The second kappa shape index (κ2) is 11.0. The molecule has 40 heavy (non-hydrogen) atoms. The summed E-state index contributed by atoms with van der Waals surface area (Å²) in [6, 6.07) is 21.9. The highest BCUT2D eigenvalue weighted by Crippen LogP contribution is 2.39. The van der Waals surface area contributed by atoms with Crippen LogP contribution in [0.2, 0.25) is 0 Å². The van der Waals surface area contributed by atoms with Crippen LogP contribution in [-0.4, -0.2) is 45.8 Å². The van der Waals surface area contributed by atoms with E-state index in [-0.39, 0.29) is 16.4 Å². The van der Waals surface area contributed by atoms with Crippen LogP contribution in [-0.2, 0) is 20.2 Å². The quantitative estimate of drug-likeness (QED) is 0.291. The second-order valence-corrected chi connectivity index (χ2v) is 13.1. The average Bonchev–Trinajstić information content (AvgIpc) is 3.30. The predicted octanol–water partition coefficient (Wildman–Crippen LogP) is 6.22. The number of fused-ring (bicyclic) bond motifs is 1. The van der Waals surface area contributed by atoms with E-state index in [1.54, 1.807) is 37.4 Å². The number of benzene rings is 3. The minimum absolute atomic E-state index is 0.00581. The molecular weight excluding hydrogens is 526 g/mol. The number of rotatable bonds is 6. The van der Waals surface area contributed by atoms with Gasteiger partial charge in [-0.15, -0.1) is 0 Å². The zero-order chi connectivity index (χ0) is 28.5. The van der Waals surface area contributed by atoms with Crippen LogP contribution in [0.15, 0.2) is 77.7 Å². The van der Waals surface area contributed by atoms with Crippen molar-refractivity contribution in [1.82, 2.24) is 10.3 Å². The lowest BCUT2D eigenvalue weighted by Crippen LogP contribution is -2.40. The summed E-state index contributed by atoms with van der Waals surface area (Å²) >= 11 is 0. The number of hydrogen-bond acceptors (Lipinski definition) is 5. The number of anilines is 1. The van der Waals surface area contributed by atoms with E-state index in [9.17, 15) is 13.2 Å². The average molecular weight is 562 g/mol. The van der Waals surface area contributed by atoms with Crippen molar-refractivity contribution in [2.45, 2.75) is 50.0 Å². The molecule has 1 aliphatic heterocycles. The molecule has 1 saturated heterocycles. The van der Waals surface area contributed by atoms with E-state index in [0.29, 0.717) is 30.3 Å². The highest BCUT2D eigenvalue weighted by molar-refractivity contribution is 7.92. The Hall–Kier alpha value is -3.82. The first-order valence-corrected chi connectivity index (χ1v) is 14.8. The van der Waals surface area contributed by atoms with Crippen molar-refractivity contribution in [3.8, 4) is 17.0 Å². The van der Waals surface area contributed by atoms with Gasteiger partial charge >= 0.3 is 6.09 Å². The van der Waals surface area contributed by atoms with E-state index in [0.717, 1.165) is 34.9 Å². The third kappa shape index (κ3) is 5.71. The fourth-order valence-electron chi connectivity index (χ4n) is 4.87. The van der Waals surface area contributed by atoms with Gasteiger partial charge in [0, 0.05) is 37.2 Å². The van der Waals surface area contributed by atoms with Crippen molar-refractivity contribution >= 4 is 32.7 Å². The lowest BCUT2D eigenvalue weighted by atomic mass is 9.87. The maximum atomic E-state index is 13.6. The van der Waals surface area contributed by atoms with Crippen LogP contribution in [0.25, 0.3) is 22.0 Å². The fraction of sp³-hybridized carbons (Fsp3) is 0.323. The Labute approximate surface area is 235 Å². The Kier molecular flexibility index (Phi) is 7.61. The van der Waals surface area contributed by atoms with E-state index < -0.39 is 16.1 Å². The summed E-state index contributed by atoms with van der Waals surface area (Å²) in [6.07, 6.45) is 0.918. The molecule has 1 aromatic heterocycles. The summed E-state index contributed by atoms with van der Waals surface area (Å²) in [7, 11) is -2.27. The van der Waals surface area contributed by atoms with Crippen LogP contribution in [0.5, 0.6) is 5.88 Å². The number of nitrogens with zero attached hydrogens (tertiary/aromatic N) is 1. The number of amides is 1. The van der Waals surface area contributed by atoms with Gasteiger partial charge in [-0.05, 0) is 59.7 Å². The summed E-state index contributed by atoms with van der Waals surface area (Å²) in [5, 5.41) is 3.66. The molecule has 1 fully saturated rings. The Bertz CT molecular complexity index is 1600. The Balaban J connectivity index is 1.49. The van der Waals surface area contributed by atoms with Crippen molar-refractivity contribution in [1.29, 1.82) is 0 Å². The van der Waals surface area contributed by atoms with Crippen LogP contribution in [0.4, 0.5) is 10.5 Å². The number of carbonyl (C=O) groups excluding carboxylic acids is 1. The van der Waals surface area contributed by atoms with Gasteiger partial charge < -0.3 is 19.8 Å². The van der Waals surface area contributed by atoms with E-state index in [2.05, 4.69) is 31.1 Å². The molecule has 5 rings (SSSR count). The molecule has 0 spiro atoms. The number of H-pyrrole nitrogens is 1. The van der Waals surface area contributed by atoms with Crippen LogP contribution in [0.3, 0.4) is 0 Å². The van der Waals surface area contributed by atoms with E-state index in [1.807, 2.05) is 42.5 Å². The van der Waals surface area contributed by atoms with Gasteiger partial charge in [-0.25, -0.2) is 13.2 Å². The summed E-state index contributed by atoms with van der Waals surface area (Å²) in [6.45, 7) is 7.47. The summed E-state index contributed by atoms with van der Waals surface area (Å²) in [5.41, 5.74) is 3.70. The lowest BCUT2D eigenvalue weighted by molar-refractivity contribution is 0.0777. The topological polar surface area (TPSA) is 101 Å².